The summed E-state index contributed by atoms with van der Waals surface area (Å²) in [5.41, 5.74) is 0. The van der Waals surface area contributed by atoms with Crippen molar-refractivity contribution in [3.05, 3.63) is 72.8 Å². The van der Waals surface area contributed by atoms with Crippen molar-refractivity contribution in [1.29, 1.82) is 0 Å². The van der Waals surface area contributed by atoms with Crippen LogP contribution in [0.3, 0.4) is 0 Å². The zero-order valence-corrected chi connectivity index (χ0v) is 29.3. The van der Waals surface area contributed by atoms with E-state index in [0.717, 1.165) is 0 Å². The second-order valence-electron chi connectivity index (χ2n) is 11.7. The minimum absolute atomic E-state index is 1.05. The van der Waals surface area contributed by atoms with Gasteiger partial charge in [0.25, 0.3) is 0 Å². The molecule has 0 radical (unpaired) electrons. The van der Waals surface area contributed by atoms with Gasteiger partial charge in [0.2, 0.25) is 0 Å². The topological polar surface area (TPSA) is 0 Å². The van der Waals surface area contributed by atoms with E-state index >= 15 is 0 Å². The molecule has 4 aromatic rings. The first-order valence-corrected chi connectivity index (χ1v) is 25.7. The molecule has 0 amide bonds. The molecule has 2 heterocycles. The van der Waals surface area contributed by atoms with Gasteiger partial charge < -0.3 is 0 Å². The van der Waals surface area contributed by atoms with E-state index in [0.29, 0.717) is 0 Å². The molecule has 0 unspecified atom stereocenters. The van der Waals surface area contributed by atoms with Crippen molar-refractivity contribution >= 4 is 71.0 Å². The van der Waals surface area contributed by atoms with Crippen molar-refractivity contribution in [2.24, 2.45) is 0 Å². The fraction of sp³-hybridized carbons (Fsp3) is 0.441. The summed E-state index contributed by atoms with van der Waals surface area (Å²) in [6.07, 6.45) is 8.54. The summed E-state index contributed by atoms with van der Waals surface area (Å²) < 4.78 is 1.86. The summed E-state index contributed by atoms with van der Waals surface area (Å²) in [5, 5.41) is 9.58. The summed E-state index contributed by atoms with van der Waals surface area (Å²) in [6, 6.07) is 36.7. The molecule has 4 aromatic carbocycles. The SMILES string of the molecule is CCCC[Si]1([c-]2ccc3ccccc32)CCC1.CCCC[Si]1([c-]2ccc3ccccc32)CCC1.C[CH]=[Ti]([Cl])[Cl]. The van der Waals surface area contributed by atoms with Crippen LogP contribution < -0.4 is 10.4 Å². The Morgan fingerprint density at radius 1 is 0.692 bits per heavy atom. The van der Waals surface area contributed by atoms with Crippen molar-refractivity contribution in [3.8, 4) is 0 Å². The molecule has 210 valence electrons. The van der Waals surface area contributed by atoms with Crippen LogP contribution in [0.4, 0.5) is 0 Å². The van der Waals surface area contributed by atoms with E-state index in [2.05, 4.69) is 86.6 Å². The number of hydrogen-bond acceptors (Lipinski definition) is 0. The molecule has 2 aliphatic heterocycles. The first-order chi connectivity index (χ1) is 19.0. The predicted molar refractivity (Wildman–Crippen MR) is 181 cm³/mol. The molecule has 0 N–H and O–H groups in total. The molecule has 0 spiro atoms. The van der Waals surface area contributed by atoms with Crippen LogP contribution in [0.1, 0.15) is 59.3 Å². The molecule has 0 aromatic heterocycles. The van der Waals surface area contributed by atoms with Crippen molar-refractivity contribution in [2.45, 2.75) is 95.6 Å². The number of halogens is 2. The fourth-order valence-electron chi connectivity index (χ4n) is 6.77. The fourth-order valence-corrected chi connectivity index (χ4v) is 16.3. The van der Waals surface area contributed by atoms with Crippen LogP contribution in [0.25, 0.3) is 21.5 Å². The average Bonchev–Trinajstić information content (AvgIpc) is 3.54. The third-order valence-corrected chi connectivity index (χ3v) is 22.9. The number of rotatable bonds is 8. The van der Waals surface area contributed by atoms with Crippen LogP contribution >= 0.6 is 18.6 Å². The van der Waals surface area contributed by atoms with Crippen LogP contribution in [0, 0.1) is 0 Å². The summed E-state index contributed by atoms with van der Waals surface area (Å²) in [4.78, 5) is 0. The van der Waals surface area contributed by atoms with Crippen molar-refractivity contribution in [1.82, 2.24) is 0 Å². The molecular formula is C34H46Cl2Si2Ti-2. The van der Waals surface area contributed by atoms with E-state index in [-0.39, 0.29) is 0 Å². The van der Waals surface area contributed by atoms with Crippen LogP contribution in [0.15, 0.2) is 72.8 Å². The second-order valence-corrected chi connectivity index (χ2v) is 26.9. The van der Waals surface area contributed by atoms with Gasteiger partial charge in [0.1, 0.15) is 0 Å². The van der Waals surface area contributed by atoms with E-state index in [4.69, 9.17) is 18.6 Å². The molecule has 5 heteroatoms. The molecule has 0 nitrogen and oxygen atoms in total. The van der Waals surface area contributed by atoms with Gasteiger partial charge in [0.05, 0.1) is 0 Å². The van der Waals surface area contributed by atoms with Crippen molar-refractivity contribution < 1.29 is 15.3 Å². The number of fused-ring (bicyclic) bond motifs is 2. The molecule has 2 aliphatic rings. The van der Waals surface area contributed by atoms with E-state index in [1.54, 1.807) is 45.3 Å². The molecule has 2 saturated heterocycles. The molecule has 0 aliphatic carbocycles. The van der Waals surface area contributed by atoms with Gasteiger partial charge in [0.15, 0.2) is 0 Å². The monoisotopic (exact) mass is 628 g/mol. The Morgan fingerprint density at radius 3 is 1.38 bits per heavy atom. The Labute approximate surface area is 252 Å². The average molecular weight is 630 g/mol. The van der Waals surface area contributed by atoms with E-state index < -0.39 is 31.4 Å². The van der Waals surface area contributed by atoms with Crippen LogP contribution in [-0.4, -0.2) is 20.5 Å². The zero-order chi connectivity index (χ0) is 27.7. The van der Waals surface area contributed by atoms with Crippen molar-refractivity contribution in [2.75, 3.05) is 0 Å². The van der Waals surface area contributed by atoms with Gasteiger partial charge >= 0.3 is 45.1 Å². The molecule has 0 bridgehead atoms. The van der Waals surface area contributed by atoms with Gasteiger partial charge in [-0.15, -0.1) is 68.3 Å². The summed E-state index contributed by atoms with van der Waals surface area (Å²) in [6.45, 7) is 6.53. The van der Waals surface area contributed by atoms with Gasteiger partial charge in [-0.3, -0.25) is 0 Å². The zero-order valence-electron chi connectivity index (χ0n) is 24.2. The van der Waals surface area contributed by atoms with Crippen LogP contribution in [0.5, 0.6) is 0 Å². The third kappa shape index (κ3) is 7.37. The van der Waals surface area contributed by atoms with Crippen LogP contribution in [-0.2, 0) is 15.3 Å². The standard InChI is InChI=1S/2C16H21Si.C2H4.2ClH.Ti/c2*1-2-3-11-17(12-6-13-17)16-10-9-14-7-4-5-8-15(14)16;1-2;;;/h2*4-5,7-10H,2-3,6,11-13H2,1H3;1H,2H3;2*1H;/q2*-1;;;;+2/p-2. The Balaban J connectivity index is 0.000000155. The predicted octanol–water partition coefficient (Wildman–Crippen LogP) is 10.6. The quantitative estimate of drug-likeness (QED) is 0.134. The Hall–Kier alpha value is -0.742. The normalized spacial score (nSPS) is 16.7. The van der Waals surface area contributed by atoms with Gasteiger partial charge in [-0.25, -0.2) is 0 Å². The maximum absolute atomic E-state index is 5.34. The molecule has 39 heavy (non-hydrogen) atoms. The Kier molecular flexibility index (Phi) is 12.0. The summed E-state index contributed by atoms with van der Waals surface area (Å²) >= 11 is -1.54. The minimum atomic E-state index is -1.54. The molecule has 0 atom stereocenters. The number of benzene rings is 2. The molecule has 6 rings (SSSR count). The first-order valence-electron chi connectivity index (χ1n) is 15.3. The molecular weight excluding hydrogens is 583 g/mol. The second kappa shape index (κ2) is 14.9. The summed E-state index contributed by atoms with van der Waals surface area (Å²) in [5.74, 6) is 0. The first kappa shape index (κ1) is 31.2. The van der Waals surface area contributed by atoms with E-state index in [9.17, 15) is 0 Å². The van der Waals surface area contributed by atoms with Gasteiger partial charge in [-0.2, -0.15) is 24.3 Å². The van der Waals surface area contributed by atoms with E-state index in [1.165, 1.54) is 61.4 Å². The van der Waals surface area contributed by atoms with Crippen molar-refractivity contribution in [3.63, 3.8) is 0 Å². The van der Waals surface area contributed by atoms with Gasteiger partial charge in [0, 0.05) is 16.1 Å². The Bertz CT molecular complexity index is 1240. The van der Waals surface area contributed by atoms with Gasteiger partial charge in [-0.05, 0) is 0 Å². The Morgan fingerprint density at radius 2 is 1.08 bits per heavy atom. The van der Waals surface area contributed by atoms with Crippen LogP contribution in [0.2, 0.25) is 36.3 Å². The number of hydrogen-bond donors (Lipinski definition) is 0. The molecule has 2 fully saturated rings. The third-order valence-electron chi connectivity index (χ3n) is 9.36. The number of unbranched alkanes of at least 4 members (excludes halogenated alkanes) is 2. The maximum atomic E-state index is 5.34. The van der Waals surface area contributed by atoms with E-state index in [1.807, 2.05) is 11.2 Å². The van der Waals surface area contributed by atoms with Gasteiger partial charge in [-0.1, -0.05) is 101 Å². The summed E-state index contributed by atoms with van der Waals surface area (Å²) in [7, 11) is 8.57. The molecule has 0 saturated carbocycles.